The lowest BCUT2D eigenvalue weighted by atomic mass is 10.1. The van der Waals surface area contributed by atoms with Crippen molar-refractivity contribution in [2.45, 2.75) is 24.5 Å². The molecule has 2 rings (SSSR count). The van der Waals surface area contributed by atoms with Gasteiger partial charge in [0.25, 0.3) is 0 Å². The van der Waals surface area contributed by atoms with E-state index in [4.69, 9.17) is 5.11 Å². The molecule has 0 amide bonds. The van der Waals surface area contributed by atoms with E-state index >= 15 is 0 Å². The van der Waals surface area contributed by atoms with Gasteiger partial charge in [-0.05, 0) is 42.5 Å². The summed E-state index contributed by atoms with van der Waals surface area (Å²) in [5, 5.41) is 23.4. The van der Waals surface area contributed by atoms with Crippen molar-refractivity contribution in [2.24, 2.45) is 0 Å². The molecule has 7 nitrogen and oxygen atoms in total. The molecule has 1 aromatic heterocycles. The summed E-state index contributed by atoms with van der Waals surface area (Å²) in [4.78, 5) is 11.1. The third kappa shape index (κ3) is 2.84. The molecule has 0 unspecified atom stereocenters. The Hall–Kier alpha value is -2.09. The summed E-state index contributed by atoms with van der Waals surface area (Å²) in [6.45, 7) is 3.17. The lowest BCUT2D eigenvalue weighted by Gasteiger charge is -2.22. The Labute approximate surface area is 115 Å². The molecule has 0 aliphatic carbocycles. The largest absolute Gasteiger partial charge is 0.480 e. The summed E-state index contributed by atoms with van der Waals surface area (Å²) < 4.78 is 1.45. The zero-order valence-electron chi connectivity index (χ0n) is 10.4. The van der Waals surface area contributed by atoms with Crippen molar-refractivity contribution < 1.29 is 9.90 Å². The zero-order valence-corrected chi connectivity index (χ0v) is 11.3. The third-order valence-corrected chi connectivity index (χ3v) is 2.81. The van der Waals surface area contributed by atoms with E-state index in [-0.39, 0.29) is 0 Å². The Bertz CT molecular complexity index is 611. The van der Waals surface area contributed by atoms with E-state index in [1.54, 1.807) is 38.1 Å². The second-order valence-electron chi connectivity index (χ2n) is 4.50. The molecule has 100 valence electrons. The van der Waals surface area contributed by atoms with Crippen molar-refractivity contribution in [1.29, 1.82) is 0 Å². The highest BCUT2D eigenvalue weighted by atomic mass is 32.1. The molecule has 0 saturated heterocycles. The first kappa shape index (κ1) is 13.3. The van der Waals surface area contributed by atoms with Crippen LogP contribution in [-0.4, -0.2) is 36.8 Å². The van der Waals surface area contributed by atoms with Crippen LogP contribution in [0.3, 0.4) is 0 Å². The normalized spacial score (nSPS) is 11.3. The average Bonchev–Trinajstić information content (AvgIpc) is 2.75. The molecular formula is C11H13N5O2S. The summed E-state index contributed by atoms with van der Waals surface area (Å²) in [5.41, 5.74) is 0.289. The monoisotopic (exact) mass is 279 g/mol. The lowest BCUT2D eigenvalue weighted by Crippen LogP contribution is -2.39. The van der Waals surface area contributed by atoms with Crippen LogP contribution in [0.1, 0.15) is 13.8 Å². The Kier molecular flexibility index (Phi) is 3.43. The highest BCUT2D eigenvalue weighted by Gasteiger charge is 2.26. The van der Waals surface area contributed by atoms with E-state index in [0.717, 1.165) is 0 Å². The molecule has 0 aliphatic heterocycles. The first-order chi connectivity index (χ1) is 8.90. The lowest BCUT2D eigenvalue weighted by molar-refractivity contribution is -0.141. The van der Waals surface area contributed by atoms with Gasteiger partial charge in [-0.2, -0.15) is 4.68 Å². The number of rotatable bonds is 4. The molecule has 0 radical (unpaired) electrons. The number of carbonyl (C=O) groups is 1. The van der Waals surface area contributed by atoms with Crippen LogP contribution in [0.5, 0.6) is 0 Å². The number of nitrogens with one attached hydrogen (secondary N) is 1. The van der Waals surface area contributed by atoms with Crippen molar-refractivity contribution in [1.82, 2.24) is 20.2 Å². The van der Waals surface area contributed by atoms with Gasteiger partial charge < -0.3 is 10.4 Å². The van der Waals surface area contributed by atoms with Gasteiger partial charge in [0.05, 0.1) is 5.69 Å². The van der Waals surface area contributed by atoms with E-state index in [1.165, 1.54) is 4.68 Å². The van der Waals surface area contributed by atoms with Crippen molar-refractivity contribution in [3.05, 3.63) is 24.3 Å². The summed E-state index contributed by atoms with van der Waals surface area (Å²) in [6, 6.07) is 7.11. The van der Waals surface area contributed by atoms with Gasteiger partial charge in [0.1, 0.15) is 5.54 Å². The summed E-state index contributed by atoms with van der Waals surface area (Å²) >= 11 is 4.13. The number of carboxylic acids is 1. The van der Waals surface area contributed by atoms with Crippen LogP contribution < -0.4 is 5.32 Å². The number of hydrogen-bond donors (Lipinski definition) is 3. The van der Waals surface area contributed by atoms with Gasteiger partial charge in [0.2, 0.25) is 5.16 Å². The molecule has 2 N–H and O–H groups in total. The Morgan fingerprint density at radius 3 is 2.79 bits per heavy atom. The third-order valence-electron chi connectivity index (χ3n) is 2.54. The van der Waals surface area contributed by atoms with E-state index in [2.05, 4.69) is 33.5 Å². The van der Waals surface area contributed by atoms with Gasteiger partial charge in [0.15, 0.2) is 0 Å². The van der Waals surface area contributed by atoms with Gasteiger partial charge in [-0.3, -0.25) is 0 Å². The number of nitrogens with zero attached hydrogens (tertiary/aromatic N) is 4. The number of hydrogen-bond acceptors (Lipinski definition) is 6. The van der Waals surface area contributed by atoms with Crippen LogP contribution in [0, 0.1) is 0 Å². The van der Waals surface area contributed by atoms with E-state index < -0.39 is 11.5 Å². The standard InChI is InChI=1S/C11H13N5O2S/c1-11(2,9(17)18)12-7-4-3-5-8(6-7)16-10(19)13-14-15-16/h3-6,12H,1-2H3,(H,17,18)(H,13,15,19). The second kappa shape index (κ2) is 4.88. The number of thiol groups is 1. The Morgan fingerprint density at radius 1 is 1.47 bits per heavy atom. The number of carboxylic acid groups (broad SMARTS) is 1. The molecule has 2 aromatic rings. The van der Waals surface area contributed by atoms with Crippen LogP contribution >= 0.6 is 12.6 Å². The Balaban J connectivity index is 2.31. The molecule has 1 aromatic carbocycles. The van der Waals surface area contributed by atoms with Crippen molar-refractivity contribution in [3.63, 3.8) is 0 Å². The first-order valence-electron chi connectivity index (χ1n) is 5.49. The first-order valence-corrected chi connectivity index (χ1v) is 5.94. The van der Waals surface area contributed by atoms with E-state index in [1.807, 2.05) is 0 Å². The highest BCUT2D eigenvalue weighted by molar-refractivity contribution is 7.80. The van der Waals surface area contributed by atoms with Crippen LogP contribution in [-0.2, 0) is 4.79 Å². The maximum absolute atomic E-state index is 11.1. The van der Waals surface area contributed by atoms with E-state index in [0.29, 0.717) is 16.5 Å². The quantitative estimate of drug-likeness (QED) is 0.729. The molecule has 0 atom stereocenters. The molecule has 19 heavy (non-hydrogen) atoms. The molecule has 1 heterocycles. The van der Waals surface area contributed by atoms with Gasteiger partial charge in [0, 0.05) is 5.69 Å². The van der Waals surface area contributed by atoms with Crippen LogP contribution in [0.4, 0.5) is 5.69 Å². The summed E-state index contributed by atoms with van der Waals surface area (Å²) in [5.74, 6) is -0.935. The number of tetrazole rings is 1. The predicted octanol–water partition coefficient (Wildman–Crippen LogP) is 1.23. The fourth-order valence-corrected chi connectivity index (χ4v) is 1.67. The summed E-state index contributed by atoms with van der Waals surface area (Å²) in [7, 11) is 0. The second-order valence-corrected chi connectivity index (χ2v) is 4.90. The van der Waals surface area contributed by atoms with Crippen molar-refractivity contribution >= 4 is 24.3 Å². The molecule has 0 fully saturated rings. The number of aromatic nitrogens is 4. The van der Waals surface area contributed by atoms with Crippen LogP contribution in [0.15, 0.2) is 29.4 Å². The SMILES string of the molecule is CC(C)(Nc1cccc(-n2nnnc2S)c1)C(=O)O. The van der Waals surface area contributed by atoms with E-state index in [9.17, 15) is 4.79 Å². The Morgan fingerprint density at radius 2 is 2.21 bits per heavy atom. The fraction of sp³-hybridized carbons (Fsp3) is 0.273. The molecular weight excluding hydrogens is 266 g/mol. The van der Waals surface area contributed by atoms with Crippen molar-refractivity contribution in [2.75, 3.05) is 5.32 Å². The zero-order chi connectivity index (χ0) is 14.0. The highest BCUT2D eigenvalue weighted by Crippen LogP contribution is 2.19. The molecule has 0 bridgehead atoms. The smallest absolute Gasteiger partial charge is 0.328 e. The minimum absolute atomic E-state index is 0.356. The van der Waals surface area contributed by atoms with Gasteiger partial charge in [-0.15, -0.1) is 17.7 Å². The van der Waals surface area contributed by atoms with Crippen LogP contribution in [0.25, 0.3) is 5.69 Å². The average molecular weight is 279 g/mol. The summed E-state index contributed by atoms with van der Waals surface area (Å²) in [6.07, 6.45) is 0. The minimum atomic E-state index is -1.07. The molecule has 0 spiro atoms. The predicted molar refractivity (Wildman–Crippen MR) is 71.7 cm³/mol. The molecule has 0 aliphatic rings. The minimum Gasteiger partial charge on any atom is -0.480 e. The maximum atomic E-state index is 11.1. The topological polar surface area (TPSA) is 92.9 Å². The molecule has 8 heteroatoms. The molecule has 0 saturated carbocycles. The van der Waals surface area contributed by atoms with Crippen molar-refractivity contribution in [3.8, 4) is 5.69 Å². The fourth-order valence-electron chi connectivity index (χ4n) is 1.48. The number of benzene rings is 1. The number of anilines is 1. The van der Waals surface area contributed by atoms with Crippen LogP contribution in [0.2, 0.25) is 0 Å². The number of aliphatic carboxylic acids is 1. The van der Waals surface area contributed by atoms with Gasteiger partial charge >= 0.3 is 5.97 Å². The van der Waals surface area contributed by atoms with Gasteiger partial charge in [-0.1, -0.05) is 6.07 Å². The van der Waals surface area contributed by atoms with Gasteiger partial charge in [-0.25, -0.2) is 4.79 Å². The maximum Gasteiger partial charge on any atom is 0.328 e.